The zero-order chi connectivity index (χ0) is 17.8. The van der Waals surface area contributed by atoms with Crippen molar-refractivity contribution in [3.8, 4) is 5.75 Å². The SMILES string of the molecule is Cn1ncc(N=Cc2ccccc2O)c1C(=O)Nc1cccc(Cl)c1. The molecule has 7 heteroatoms. The molecule has 0 spiro atoms. The normalized spacial score (nSPS) is 11.0. The minimum absolute atomic E-state index is 0.111. The average molecular weight is 355 g/mol. The summed E-state index contributed by atoms with van der Waals surface area (Å²) in [5.41, 5.74) is 1.82. The molecule has 0 aliphatic rings. The van der Waals surface area contributed by atoms with Crippen LogP contribution in [0.1, 0.15) is 16.1 Å². The number of aromatic nitrogens is 2. The number of carbonyl (C=O) groups excluding carboxylic acids is 1. The monoisotopic (exact) mass is 354 g/mol. The molecule has 25 heavy (non-hydrogen) atoms. The van der Waals surface area contributed by atoms with Crippen LogP contribution in [0.25, 0.3) is 0 Å². The smallest absolute Gasteiger partial charge is 0.276 e. The van der Waals surface area contributed by atoms with E-state index in [9.17, 15) is 9.90 Å². The molecule has 0 atom stereocenters. The molecular weight excluding hydrogens is 340 g/mol. The van der Waals surface area contributed by atoms with Gasteiger partial charge < -0.3 is 10.4 Å². The van der Waals surface area contributed by atoms with Crippen LogP contribution in [0.4, 0.5) is 11.4 Å². The number of nitrogens with zero attached hydrogens (tertiary/aromatic N) is 3. The molecule has 3 rings (SSSR count). The van der Waals surface area contributed by atoms with Gasteiger partial charge in [-0.05, 0) is 30.3 Å². The van der Waals surface area contributed by atoms with Gasteiger partial charge in [-0.25, -0.2) is 0 Å². The van der Waals surface area contributed by atoms with E-state index in [2.05, 4.69) is 15.4 Å². The van der Waals surface area contributed by atoms with Gasteiger partial charge >= 0.3 is 0 Å². The van der Waals surface area contributed by atoms with Crippen LogP contribution in [-0.2, 0) is 7.05 Å². The number of para-hydroxylation sites is 1. The van der Waals surface area contributed by atoms with E-state index < -0.39 is 0 Å². The summed E-state index contributed by atoms with van der Waals surface area (Å²) in [5.74, 6) is -0.244. The first-order valence-corrected chi connectivity index (χ1v) is 7.83. The zero-order valence-corrected chi connectivity index (χ0v) is 14.1. The Morgan fingerprint density at radius 2 is 2.08 bits per heavy atom. The van der Waals surface area contributed by atoms with Crippen LogP contribution >= 0.6 is 11.6 Å². The number of hydrogen-bond acceptors (Lipinski definition) is 4. The van der Waals surface area contributed by atoms with E-state index in [-0.39, 0.29) is 11.7 Å². The van der Waals surface area contributed by atoms with Crippen LogP contribution in [0, 0.1) is 0 Å². The zero-order valence-electron chi connectivity index (χ0n) is 13.3. The van der Waals surface area contributed by atoms with Crippen LogP contribution in [0.3, 0.4) is 0 Å². The molecule has 126 valence electrons. The number of anilines is 1. The van der Waals surface area contributed by atoms with Gasteiger partial charge in [-0.15, -0.1) is 0 Å². The number of aliphatic imine (C=N–C) groups is 1. The molecule has 2 N–H and O–H groups in total. The van der Waals surface area contributed by atoms with Crippen LogP contribution in [0.2, 0.25) is 5.02 Å². The fourth-order valence-corrected chi connectivity index (χ4v) is 2.47. The summed E-state index contributed by atoms with van der Waals surface area (Å²) in [7, 11) is 1.66. The largest absolute Gasteiger partial charge is 0.507 e. The summed E-state index contributed by atoms with van der Waals surface area (Å²) < 4.78 is 1.44. The topological polar surface area (TPSA) is 79.5 Å². The Morgan fingerprint density at radius 3 is 2.84 bits per heavy atom. The van der Waals surface area contributed by atoms with Crippen molar-refractivity contribution in [1.29, 1.82) is 0 Å². The Labute approximate surface area is 149 Å². The fraction of sp³-hybridized carbons (Fsp3) is 0.0556. The maximum atomic E-state index is 12.6. The molecule has 0 radical (unpaired) electrons. The number of rotatable bonds is 4. The maximum absolute atomic E-state index is 12.6. The minimum Gasteiger partial charge on any atom is -0.507 e. The predicted molar refractivity (Wildman–Crippen MR) is 98.0 cm³/mol. The molecular formula is C18H15ClN4O2. The first kappa shape index (κ1) is 16.7. The molecule has 1 heterocycles. The molecule has 0 aliphatic heterocycles. The highest BCUT2D eigenvalue weighted by Crippen LogP contribution is 2.22. The highest BCUT2D eigenvalue weighted by molar-refractivity contribution is 6.31. The third-order valence-electron chi connectivity index (χ3n) is 3.50. The van der Waals surface area contributed by atoms with Crippen molar-refractivity contribution in [3.05, 3.63) is 71.0 Å². The van der Waals surface area contributed by atoms with Crippen molar-refractivity contribution >= 4 is 35.1 Å². The molecule has 0 bridgehead atoms. The Kier molecular flexibility index (Phi) is 4.81. The summed E-state index contributed by atoms with van der Waals surface area (Å²) in [6.45, 7) is 0. The highest BCUT2D eigenvalue weighted by Gasteiger charge is 2.16. The van der Waals surface area contributed by atoms with Gasteiger partial charge in [0.1, 0.15) is 11.4 Å². The van der Waals surface area contributed by atoms with Gasteiger partial charge in [-0.2, -0.15) is 5.10 Å². The van der Waals surface area contributed by atoms with E-state index in [1.165, 1.54) is 17.1 Å². The van der Waals surface area contributed by atoms with Crippen molar-refractivity contribution in [3.63, 3.8) is 0 Å². The molecule has 0 fully saturated rings. The lowest BCUT2D eigenvalue weighted by molar-refractivity contribution is 0.101. The van der Waals surface area contributed by atoms with Gasteiger partial charge in [-0.3, -0.25) is 14.5 Å². The fourth-order valence-electron chi connectivity index (χ4n) is 2.28. The van der Waals surface area contributed by atoms with Crippen molar-refractivity contribution in [2.24, 2.45) is 12.0 Å². The second-order valence-electron chi connectivity index (χ2n) is 5.28. The lowest BCUT2D eigenvalue weighted by atomic mass is 10.2. The van der Waals surface area contributed by atoms with Gasteiger partial charge in [0.2, 0.25) is 0 Å². The first-order chi connectivity index (χ1) is 12.0. The molecule has 2 aromatic carbocycles. The average Bonchev–Trinajstić information content (AvgIpc) is 2.95. The number of amides is 1. The molecule has 3 aromatic rings. The second-order valence-corrected chi connectivity index (χ2v) is 5.72. The standard InChI is InChI=1S/C18H15ClN4O2/c1-23-17(18(25)22-14-7-4-6-13(19)9-14)15(11-21-23)20-10-12-5-2-3-8-16(12)24/h2-11,24H,1H3,(H,22,25). The molecule has 1 amide bonds. The predicted octanol–water partition coefficient (Wildman–Crippen LogP) is 3.78. The summed E-state index contributed by atoms with van der Waals surface area (Å²) in [5, 5.41) is 17.2. The highest BCUT2D eigenvalue weighted by atomic mass is 35.5. The van der Waals surface area contributed by atoms with Gasteiger partial charge in [-0.1, -0.05) is 29.8 Å². The Hall–Kier alpha value is -3.12. The molecule has 0 saturated heterocycles. The van der Waals surface area contributed by atoms with E-state index in [0.717, 1.165) is 0 Å². The van der Waals surface area contributed by atoms with Crippen LogP contribution < -0.4 is 5.32 Å². The lowest BCUT2D eigenvalue weighted by Crippen LogP contribution is -2.16. The van der Waals surface area contributed by atoms with Crippen LogP contribution in [0.15, 0.2) is 59.7 Å². The van der Waals surface area contributed by atoms with E-state index >= 15 is 0 Å². The quantitative estimate of drug-likeness (QED) is 0.700. The van der Waals surface area contributed by atoms with Crippen LogP contribution in [0.5, 0.6) is 5.75 Å². The number of phenolic OH excluding ortho intramolecular Hbond substituents is 1. The Morgan fingerprint density at radius 1 is 1.28 bits per heavy atom. The minimum atomic E-state index is -0.355. The van der Waals surface area contributed by atoms with Gasteiger partial charge in [0.05, 0.1) is 6.20 Å². The summed E-state index contributed by atoms with van der Waals surface area (Å²) in [6, 6.07) is 13.7. The number of phenols is 1. The van der Waals surface area contributed by atoms with E-state index in [4.69, 9.17) is 11.6 Å². The molecule has 6 nitrogen and oxygen atoms in total. The Bertz CT molecular complexity index is 950. The number of benzene rings is 2. The summed E-state index contributed by atoms with van der Waals surface area (Å²) >= 11 is 5.93. The molecule has 0 aliphatic carbocycles. The second kappa shape index (κ2) is 7.19. The van der Waals surface area contributed by atoms with Crippen LogP contribution in [-0.4, -0.2) is 27.0 Å². The molecule has 0 saturated carbocycles. The number of hydrogen-bond donors (Lipinski definition) is 2. The number of carbonyl (C=O) groups is 1. The maximum Gasteiger partial charge on any atom is 0.276 e. The van der Waals surface area contributed by atoms with Crippen molar-refractivity contribution in [2.75, 3.05) is 5.32 Å². The lowest BCUT2D eigenvalue weighted by Gasteiger charge is -2.06. The molecule has 0 unspecified atom stereocenters. The number of nitrogens with one attached hydrogen (secondary N) is 1. The van der Waals surface area contributed by atoms with Crippen molar-refractivity contribution in [1.82, 2.24) is 9.78 Å². The summed E-state index contributed by atoms with van der Waals surface area (Å²) in [4.78, 5) is 16.9. The van der Waals surface area contributed by atoms with Crippen molar-refractivity contribution < 1.29 is 9.90 Å². The number of aryl methyl sites for hydroxylation is 1. The summed E-state index contributed by atoms with van der Waals surface area (Å²) in [6.07, 6.45) is 2.98. The van der Waals surface area contributed by atoms with E-state index in [1.807, 2.05) is 0 Å². The third-order valence-corrected chi connectivity index (χ3v) is 3.73. The molecule has 1 aromatic heterocycles. The van der Waals surface area contributed by atoms with E-state index in [1.54, 1.807) is 55.6 Å². The number of aromatic hydroxyl groups is 1. The third kappa shape index (κ3) is 3.87. The van der Waals surface area contributed by atoms with Gasteiger partial charge in [0.25, 0.3) is 5.91 Å². The Balaban J connectivity index is 1.86. The first-order valence-electron chi connectivity index (χ1n) is 7.45. The van der Waals surface area contributed by atoms with Gasteiger partial charge in [0.15, 0.2) is 5.69 Å². The number of halogens is 1. The van der Waals surface area contributed by atoms with E-state index in [0.29, 0.717) is 27.7 Å². The van der Waals surface area contributed by atoms with Crippen molar-refractivity contribution in [2.45, 2.75) is 0 Å². The van der Waals surface area contributed by atoms with Gasteiger partial charge in [0, 0.05) is 29.5 Å².